The summed E-state index contributed by atoms with van der Waals surface area (Å²) in [5.74, 6) is -6.18. The quantitative estimate of drug-likeness (QED) is 0.0248. The van der Waals surface area contributed by atoms with E-state index in [1.165, 1.54) is 6.92 Å². The second-order valence-electron chi connectivity index (χ2n) is 19.5. The van der Waals surface area contributed by atoms with Crippen molar-refractivity contribution in [3.8, 4) is 0 Å². The molecule has 440 valence electrons. The Labute approximate surface area is 464 Å². The molecule has 0 spiro atoms. The van der Waals surface area contributed by atoms with E-state index in [9.17, 15) is 43.2 Å². The normalized spacial score (nSPS) is 14.3. The number of thiol groups is 1. The number of aromatic nitrogens is 1. The van der Waals surface area contributed by atoms with Gasteiger partial charge in [0.15, 0.2) is 0 Å². The zero-order valence-corrected chi connectivity index (χ0v) is 46.4. The molecule has 2 aromatic rings. The van der Waals surface area contributed by atoms with Gasteiger partial charge in [0, 0.05) is 36.2 Å². The first-order valence-corrected chi connectivity index (χ1v) is 28.2. The van der Waals surface area contributed by atoms with Crippen LogP contribution in [-0.2, 0) is 49.6 Å². The van der Waals surface area contributed by atoms with Crippen LogP contribution in [0.15, 0.2) is 30.5 Å². The van der Waals surface area contributed by atoms with Crippen LogP contribution in [0.25, 0.3) is 10.9 Å². The molecule has 78 heavy (non-hydrogen) atoms. The van der Waals surface area contributed by atoms with Crippen molar-refractivity contribution in [2.45, 2.75) is 177 Å². The minimum atomic E-state index is -1.25. The van der Waals surface area contributed by atoms with Crippen LogP contribution in [0.4, 0.5) is 0 Å². The van der Waals surface area contributed by atoms with Crippen LogP contribution in [0.3, 0.4) is 0 Å². The Bertz CT molecular complexity index is 2170. The lowest BCUT2D eigenvalue weighted by molar-refractivity contribution is -0.136. The zero-order valence-electron chi connectivity index (χ0n) is 45.6. The van der Waals surface area contributed by atoms with Gasteiger partial charge in [-0.25, -0.2) is 0 Å². The maximum absolute atomic E-state index is 14.5. The fraction of sp³-hybridized carbons (Fsp3) is 0.673. The van der Waals surface area contributed by atoms with Crippen molar-refractivity contribution in [3.05, 3.63) is 36.0 Å². The van der Waals surface area contributed by atoms with Crippen molar-refractivity contribution < 1.29 is 43.2 Å². The number of primary amides is 1. The highest BCUT2D eigenvalue weighted by atomic mass is 32.1. The summed E-state index contributed by atoms with van der Waals surface area (Å²) < 4.78 is 0. The Morgan fingerprint density at radius 3 is 1.04 bits per heavy atom. The number of amides is 9. The Balaban J connectivity index is 2.49. The minimum absolute atomic E-state index is 0.0105. The molecule has 1 aromatic heterocycles. The van der Waals surface area contributed by atoms with Crippen molar-refractivity contribution in [3.63, 3.8) is 0 Å². The van der Waals surface area contributed by atoms with Gasteiger partial charge in [0.05, 0.1) is 0 Å². The second kappa shape index (κ2) is 39.5. The molecule has 8 atom stereocenters. The third-order valence-electron chi connectivity index (χ3n) is 13.1. The molecule has 0 aliphatic rings. The van der Waals surface area contributed by atoms with E-state index in [0.717, 1.165) is 10.9 Å². The molecule has 26 heteroatoms. The number of para-hydroxylation sites is 1. The van der Waals surface area contributed by atoms with Crippen LogP contribution in [0.2, 0.25) is 0 Å². The lowest BCUT2D eigenvalue weighted by Crippen LogP contribution is -2.60. The predicted molar refractivity (Wildman–Crippen MR) is 304 cm³/mol. The van der Waals surface area contributed by atoms with Gasteiger partial charge in [0.2, 0.25) is 53.2 Å². The first-order valence-electron chi connectivity index (χ1n) is 27.5. The standard InChI is InChI=1S/C52H92N16O9S/c1-33(69)61-44(32-78)52(77)68-43(30-34-31-60-36-17-3-2-16-35(34)36)51(76)67-42(23-9-15-29-58)50(75)66-41(22-8-14-28-57)49(74)65-40(21-7-13-27-56)48(73)64-39(20-6-12-26-55)47(72)63-38(19-5-11-25-54)46(71)62-37(45(59)70)18-4-10-24-53/h2-3,16-17,31,37-44,60,78H,4-15,18-30,32,53-58H2,1H3,(H2,59,70)(H,61,69)(H,62,71)(H,63,72)(H,64,73)(H,65,74)(H,66,75)(H,67,76)(H,68,77)/t37-,38-,39-,40-,41-,42-,43-,44-/m0/s1. The first-order chi connectivity index (χ1) is 37.5. The van der Waals surface area contributed by atoms with Gasteiger partial charge in [-0.3, -0.25) is 43.2 Å². The van der Waals surface area contributed by atoms with Gasteiger partial charge in [0.1, 0.15) is 48.3 Å². The minimum Gasteiger partial charge on any atom is -0.368 e. The van der Waals surface area contributed by atoms with E-state index >= 15 is 0 Å². The smallest absolute Gasteiger partial charge is 0.244 e. The predicted octanol–water partition coefficient (Wildman–Crippen LogP) is -2.20. The number of carbonyl (C=O) groups is 9. The highest BCUT2D eigenvalue weighted by molar-refractivity contribution is 7.80. The van der Waals surface area contributed by atoms with Crippen LogP contribution < -0.4 is 82.7 Å². The highest BCUT2D eigenvalue weighted by Crippen LogP contribution is 2.20. The van der Waals surface area contributed by atoms with Crippen molar-refractivity contribution in [2.24, 2.45) is 40.1 Å². The fourth-order valence-corrected chi connectivity index (χ4v) is 8.92. The van der Waals surface area contributed by atoms with Crippen LogP contribution in [0, 0.1) is 0 Å². The van der Waals surface area contributed by atoms with E-state index in [-0.39, 0.29) is 63.8 Å². The third kappa shape index (κ3) is 25.7. The van der Waals surface area contributed by atoms with Gasteiger partial charge < -0.3 is 87.7 Å². The Kier molecular flexibility index (Phi) is 34.5. The molecule has 0 aliphatic heterocycles. The Morgan fingerprint density at radius 2 is 0.718 bits per heavy atom. The molecule has 0 saturated heterocycles. The second-order valence-corrected chi connectivity index (χ2v) is 19.9. The first kappa shape index (κ1) is 68.2. The average molecular weight is 1120 g/mol. The number of benzene rings is 1. The number of rotatable bonds is 43. The molecule has 0 radical (unpaired) electrons. The number of carbonyl (C=O) groups excluding carboxylic acids is 9. The van der Waals surface area contributed by atoms with Crippen molar-refractivity contribution in [1.82, 2.24) is 47.5 Å². The lowest BCUT2D eigenvalue weighted by Gasteiger charge is -2.28. The average Bonchev–Trinajstić information content (AvgIpc) is 3.86. The number of fused-ring (bicyclic) bond motifs is 1. The van der Waals surface area contributed by atoms with Gasteiger partial charge in [0.25, 0.3) is 0 Å². The number of hydrogen-bond donors (Lipinski definition) is 17. The zero-order chi connectivity index (χ0) is 57.8. The number of nitrogens with one attached hydrogen (secondary N) is 9. The molecular formula is C52H92N16O9S. The fourth-order valence-electron chi connectivity index (χ4n) is 8.66. The number of unbranched alkanes of at least 4 members (excludes halogenated alkanes) is 6. The third-order valence-corrected chi connectivity index (χ3v) is 13.5. The maximum Gasteiger partial charge on any atom is 0.244 e. The molecule has 25 nitrogen and oxygen atoms in total. The van der Waals surface area contributed by atoms with Crippen LogP contribution in [-0.4, -0.2) is 152 Å². The molecule has 0 unspecified atom stereocenters. The molecule has 0 bridgehead atoms. The van der Waals surface area contributed by atoms with E-state index in [1.54, 1.807) is 6.20 Å². The number of aromatic amines is 1. The van der Waals surface area contributed by atoms with Crippen molar-refractivity contribution >= 4 is 76.7 Å². The Hall–Kier alpha value is -5.90. The van der Waals surface area contributed by atoms with Crippen LogP contribution in [0.1, 0.15) is 128 Å². The summed E-state index contributed by atoms with van der Waals surface area (Å²) in [5.41, 5.74) is 41.7. The van der Waals surface area contributed by atoms with Gasteiger partial charge in [-0.15, -0.1) is 0 Å². The molecule has 1 heterocycles. The lowest BCUT2D eigenvalue weighted by atomic mass is 10.0. The Morgan fingerprint density at radius 1 is 0.423 bits per heavy atom. The summed E-state index contributed by atoms with van der Waals surface area (Å²) in [7, 11) is 0. The molecule has 23 N–H and O–H groups in total. The number of hydrogen-bond acceptors (Lipinski definition) is 16. The molecular weight excluding hydrogens is 1020 g/mol. The summed E-state index contributed by atoms with van der Waals surface area (Å²) in [6.45, 7) is 3.13. The summed E-state index contributed by atoms with van der Waals surface area (Å²) in [4.78, 5) is 127. The molecule has 0 fully saturated rings. The van der Waals surface area contributed by atoms with E-state index in [4.69, 9.17) is 40.1 Å². The van der Waals surface area contributed by atoms with Gasteiger partial charge in [-0.2, -0.15) is 12.6 Å². The highest BCUT2D eigenvalue weighted by Gasteiger charge is 2.35. The summed E-state index contributed by atoms with van der Waals surface area (Å²) in [6.07, 6.45) is 8.20. The van der Waals surface area contributed by atoms with Gasteiger partial charge >= 0.3 is 0 Å². The topological polar surface area (TPSA) is 448 Å². The number of nitrogens with two attached hydrogens (primary N) is 7. The van der Waals surface area contributed by atoms with E-state index < -0.39 is 101 Å². The monoisotopic (exact) mass is 1120 g/mol. The maximum atomic E-state index is 14.5. The van der Waals surface area contributed by atoms with Crippen LogP contribution in [0.5, 0.6) is 0 Å². The molecule has 9 amide bonds. The molecule has 0 saturated carbocycles. The summed E-state index contributed by atoms with van der Waals surface area (Å²) in [5, 5.41) is 22.7. The summed E-state index contributed by atoms with van der Waals surface area (Å²) in [6, 6.07) is -1.98. The van der Waals surface area contributed by atoms with Crippen molar-refractivity contribution in [1.29, 1.82) is 0 Å². The molecule has 0 aliphatic carbocycles. The van der Waals surface area contributed by atoms with E-state index in [2.05, 4.69) is 60.1 Å². The van der Waals surface area contributed by atoms with Crippen LogP contribution >= 0.6 is 12.6 Å². The van der Waals surface area contributed by atoms with Crippen molar-refractivity contribution in [2.75, 3.05) is 45.0 Å². The van der Waals surface area contributed by atoms with Gasteiger partial charge in [-0.1, -0.05) is 18.2 Å². The molecule has 1 aromatic carbocycles. The van der Waals surface area contributed by atoms with E-state index in [0.29, 0.717) is 109 Å². The SMILES string of the molecule is CC(=O)N[C@@H](CS)C(=O)N[C@@H](Cc1c[nH]c2ccccc12)C(=O)N[C@@H](CCCCN)C(=O)N[C@@H](CCCCN)C(=O)N[C@@H](CCCCN)C(=O)N[C@@H](CCCCN)C(=O)N[C@@H](CCCCN)C(=O)N[C@@H](CCCCN)C(N)=O. The number of H-pyrrole nitrogens is 1. The summed E-state index contributed by atoms with van der Waals surface area (Å²) >= 11 is 4.23. The van der Waals surface area contributed by atoms with E-state index in [1.807, 2.05) is 24.3 Å². The molecule has 2 rings (SSSR count). The van der Waals surface area contributed by atoms with Gasteiger partial charge in [-0.05, 0) is 166 Å². The largest absolute Gasteiger partial charge is 0.368 e.